The van der Waals surface area contributed by atoms with Crippen LogP contribution in [0.2, 0.25) is 0 Å². The van der Waals surface area contributed by atoms with Crippen molar-refractivity contribution in [2.75, 3.05) is 38.6 Å². The average Bonchev–Trinajstić information content (AvgIpc) is 2.63. The fraction of sp³-hybridized carbons (Fsp3) is 0.263. The monoisotopic (exact) mass is 358 g/mol. The molecule has 0 unspecified atom stereocenters. The van der Waals surface area contributed by atoms with Gasteiger partial charge in [0.2, 0.25) is 11.8 Å². The Labute approximate surface area is 152 Å². The maximum Gasteiger partial charge on any atom is 0.250 e. The van der Waals surface area contributed by atoms with E-state index in [1.54, 1.807) is 56.7 Å². The Balaban J connectivity index is 1.96. The summed E-state index contributed by atoms with van der Waals surface area (Å²) in [4.78, 5) is 23.7. The second-order valence-electron chi connectivity index (χ2n) is 5.46. The van der Waals surface area contributed by atoms with Gasteiger partial charge in [-0.3, -0.25) is 9.59 Å². The number of carbonyl (C=O) groups is 2. The summed E-state index contributed by atoms with van der Waals surface area (Å²) in [7, 11) is 4.57. The van der Waals surface area contributed by atoms with E-state index in [9.17, 15) is 9.59 Å². The second-order valence-corrected chi connectivity index (χ2v) is 5.46. The quantitative estimate of drug-likeness (QED) is 0.757. The van der Waals surface area contributed by atoms with E-state index in [0.29, 0.717) is 22.9 Å². The molecule has 0 spiro atoms. The molecule has 0 heterocycles. The molecule has 0 fully saturated rings. The Kier molecular flexibility index (Phi) is 6.99. The van der Waals surface area contributed by atoms with Crippen LogP contribution in [0.5, 0.6) is 11.5 Å². The van der Waals surface area contributed by atoms with Crippen LogP contribution < -0.4 is 20.1 Å². The molecule has 0 bridgehead atoms. The highest BCUT2D eigenvalue weighted by Crippen LogP contribution is 2.25. The Bertz CT molecular complexity index is 759. The van der Waals surface area contributed by atoms with Crippen molar-refractivity contribution < 1.29 is 23.8 Å². The van der Waals surface area contributed by atoms with Crippen LogP contribution >= 0.6 is 0 Å². The topological polar surface area (TPSA) is 85.9 Å². The Hall–Kier alpha value is -3.06. The number of amides is 2. The Morgan fingerprint density at radius 1 is 0.846 bits per heavy atom. The van der Waals surface area contributed by atoms with E-state index in [2.05, 4.69) is 10.6 Å². The normalized spacial score (nSPS) is 10.1. The van der Waals surface area contributed by atoms with Gasteiger partial charge in [-0.1, -0.05) is 6.07 Å². The van der Waals surface area contributed by atoms with Gasteiger partial charge in [0.1, 0.15) is 18.1 Å². The minimum absolute atomic E-state index is 0.0117. The fourth-order valence-electron chi connectivity index (χ4n) is 2.34. The summed E-state index contributed by atoms with van der Waals surface area (Å²) in [5.41, 5.74) is 2.02. The van der Waals surface area contributed by atoms with E-state index >= 15 is 0 Å². The first-order chi connectivity index (χ1) is 12.5. The first kappa shape index (κ1) is 19.3. The van der Waals surface area contributed by atoms with E-state index < -0.39 is 0 Å². The maximum absolute atomic E-state index is 12.3. The molecule has 2 rings (SSSR count). The molecule has 7 nitrogen and oxygen atoms in total. The van der Waals surface area contributed by atoms with Crippen LogP contribution in [0.3, 0.4) is 0 Å². The minimum atomic E-state index is -0.240. The van der Waals surface area contributed by atoms with Crippen molar-refractivity contribution in [3.05, 3.63) is 48.0 Å². The molecular formula is C19H22N2O5. The smallest absolute Gasteiger partial charge is 0.250 e. The third kappa shape index (κ3) is 5.49. The Morgan fingerprint density at radius 2 is 1.46 bits per heavy atom. The number of methoxy groups -OCH3 is 3. The summed E-state index contributed by atoms with van der Waals surface area (Å²) in [6, 6.07) is 12.2. The van der Waals surface area contributed by atoms with Crippen molar-refractivity contribution in [3.8, 4) is 11.5 Å². The van der Waals surface area contributed by atoms with E-state index in [-0.39, 0.29) is 24.8 Å². The molecule has 0 saturated carbocycles. The van der Waals surface area contributed by atoms with Crippen molar-refractivity contribution in [3.63, 3.8) is 0 Å². The number of benzene rings is 2. The summed E-state index contributed by atoms with van der Waals surface area (Å²) in [5, 5.41) is 5.50. The molecule has 0 radical (unpaired) electrons. The minimum Gasteiger partial charge on any atom is -0.497 e. The number of ether oxygens (including phenoxy) is 3. The van der Waals surface area contributed by atoms with Crippen LogP contribution in [0.15, 0.2) is 42.5 Å². The van der Waals surface area contributed by atoms with Crippen LogP contribution in [0.4, 0.5) is 11.4 Å². The largest absolute Gasteiger partial charge is 0.497 e. The molecule has 7 heteroatoms. The molecule has 0 aliphatic rings. The first-order valence-electron chi connectivity index (χ1n) is 7.95. The highest BCUT2D eigenvalue weighted by atomic mass is 16.5. The standard InChI is InChI=1S/C19H22N2O5/c1-24-12-19(23)21-15-7-5-14(6-8-15)20-18(22)10-13-4-9-16(25-2)11-17(13)26-3/h4-9,11H,10,12H2,1-3H3,(H,20,22)(H,21,23). The van der Waals surface area contributed by atoms with Crippen LogP contribution in [0, 0.1) is 0 Å². The lowest BCUT2D eigenvalue weighted by Gasteiger charge is -2.11. The van der Waals surface area contributed by atoms with Crippen molar-refractivity contribution in [1.82, 2.24) is 0 Å². The number of anilines is 2. The van der Waals surface area contributed by atoms with E-state index in [1.165, 1.54) is 7.11 Å². The van der Waals surface area contributed by atoms with Crippen molar-refractivity contribution in [2.45, 2.75) is 6.42 Å². The summed E-state index contributed by atoms with van der Waals surface area (Å²) in [6.07, 6.45) is 0.166. The molecule has 0 saturated heterocycles. The van der Waals surface area contributed by atoms with Crippen LogP contribution in [0.1, 0.15) is 5.56 Å². The van der Waals surface area contributed by atoms with Gasteiger partial charge >= 0.3 is 0 Å². The van der Waals surface area contributed by atoms with Gasteiger partial charge in [0.25, 0.3) is 0 Å². The fourth-order valence-corrected chi connectivity index (χ4v) is 2.34. The zero-order valence-corrected chi connectivity index (χ0v) is 15.0. The number of hydrogen-bond donors (Lipinski definition) is 2. The summed E-state index contributed by atoms with van der Waals surface area (Å²) >= 11 is 0. The third-order valence-corrected chi connectivity index (χ3v) is 3.57. The average molecular weight is 358 g/mol. The summed E-state index contributed by atoms with van der Waals surface area (Å²) in [5.74, 6) is 0.841. The number of carbonyl (C=O) groups excluding carboxylic acids is 2. The van der Waals surface area contributed by atoms with Gasteiger partial charge in [-0.05, 0) is 30.3 Å². The predicted molar refractivity (Wildman–Crippen MR) is 98.8 cm³/mol. The lowest BCUT2D eigenvalue weighted by atomic mass is 10.1. The van der Waals surface area contributed by atoms with E-state index in [4.69, 9.17) is 14.2 Å². The van der Waals surface area contributed by atoms with Gasteiger partial charge < -0.3 is 24.8 Å². The lowest BCUT2D eigenvalue weighted by molar-refractivity contribution is -0.119. The third-order valence-electron chi connectivity index (χ3n) is 3.57. The van der Waals surface area contributed by atoms with Crippen LogP contribution in [-0.2, 0) is 20.7 Å². The molecule has 2 aromatic carbocycles. The highest BCUT2D eigenvalue weighted by Gasteiger charge is 2.10. The van der Waals surface area contributed by atoms with Crippen molar-refractivity contribution >= 4 is 23.2 Å². The van der Waals surface area contributed by atoms with Crippen LogP contribution in [0.25, 0.3) is 0 Å². The second kappa shape index (κ2) is 9.43. The molecule has 0 atom stereocenters. The maximum atomic E-state index is 12.3. The van der Waals surface area contributed by atoms with Crippen molar-refractivity contribution in [1.29, 1.82) is 0 Å². The van der Waals surface area contributed by atoms with Gasteiger partial charge in [0, 0.05) is 30.1 Å². The molecule has 2 N–H and O–H groups in total. The molecule has 2 amide bonds. The van der Waals surface area contributed by atoms with E-state index in [0.717, 1.165) is 5.56 Å². The molecule has 2 aromatic rings. The summed E-state index contributed by atoms with van der Waals surface area (Å²) in [6.45, 7) is -0.0117. The van der Waals surface area contributed by atoms with Gasteiger partial charge in [-0.2, -0.15) is 0 Å². The predicted octanol–water partition coefficient (Wildman–Crippen LogP) is 2.47. The zero-order valence-electron chi connectivity index (χ0n) is 15.0. The Morgan fingerprint density at radius 3 is 2.00 bits per heavy atom. The number of hydrogen-bond acceptors (Lipinski definition) is 5. The number of rotatable bonds is 8. The zero-order chi connectivity index (χ0) is 18.9. The first-order valence-corrected chi connectivity index (χ1v) is 7.95. The molecule has 138 valence electrons. The molecular weight excluding hydrogens is 336 g/mol. The van der Waals surface area contributed by atoms with Crippen LogP contribution in [-0.4, -0.2) is 39.8 Å². The summed E-state index contributed by atoms with van der Waals surface area (Å²) < 4.78 is 15.2. The van der Waals surface area contributed by atoms with Crippen molar-refractivity contribution in [2.24, 2.45) is 0 Å². The van der Waals surface area contributed by atoms with Gasteiger partial charge in [-0.25, -0.2) is 0 Å². The lowest BCUT2D eigenvalue weighted by Crippen LogP contribution is -2.17. The molecule has 0 aliphatic carbocycles. The molecule has 26 heavy (non-hydrogen) atoms. The number of nitrogens with one attached hydrogen (secondary N) is 2. The van der Waals surface area contributed by atoms with Gasteiger partial charge in [-0.15, -0.1) is 0 Å². The molecule has 0 aromatic heterocycles. The highest BCUT2D eigenvalue weighted by molar-refractivity contribution is 5.94. The van der Waals surface area contributed by atoms with Gasteiger partial charge in [0.15, 0.2) is 0 Å². The van der Waals surface area contributed by atoms with E-state index in [1.807, 2.05) is 0 Å². The van der Waals surface area contributed by atoms with Gasteiger partial charge in [0.05, 0.1) is 20.6 Å². The molecule has 0 aliphatic heterocycles. The SMILES string of the molecule is COCC(=O)Nc1ccc(NC(=O)Cc2ccc(OC)cc2OC)cc1.